The highest BCUT2D eigenvalue weighted by molar-refractivity contribution is 5.82. The molecule has 0 saturated heterocycles. The van der Waals surface area contributed by atoms with Gasteiger partial charge in [0.2, 0.25) is 5.91 Å². The maximum atomic E-state index is 12.2. The third-order valence-corrected chi connectivity index (χ3v) is 2.52. The molecule has 0 aliphatic heterocycles. The molecule has 0 aliphatic carbocycles. The molecule has 0 aromatic carbocycles. The van der Waals surface area contributed by atoms with Crippen molar-refractivity contribution in [2.24, 2.45) is 11.3 Å². The SMILES string of the molecule is CCCN(CC(C)C(=O)OC)C(=O)C(C)(C)C. The molecule has 0 rings (SSSR count). The molecule has 0 aromatic rings. The largest absolute Gasteiger partial charge is 0.469 e. The number of amides is 1. The van der Waals surface area contributed by atoms with Crippen LogP contribution in [0.15, 0.2) is 0 Å². The third-order valence-electron chi connectivity index (χ3n) is 2.52. The topological polar surface area (TPSA) is 46.6 Å². The lowest BCUT2D eigenvalue weighted by atomic mass is 9.94. The van der Waals surface area contributed by atoms with E-state index in [2.05, 4.69) is 4.74 Å². The van der Waals surface area contributed by atoms with Crippen molar-refractivity contribution in [3.05, 3.63) is 0 Å². The van der Waals surface area contributed by atoms with Crippen LogP contribution in [0.4, 0.5) is 0 Å². The van der Waals surface area contributed by atoms with Crippen LogP contribution in [0, 0.1) is 11.3 Å². The first-order chi connectivity index (χ1) is 7.73. The lowest BCUT2D eigenvalue weighted by Gasteiger charge is -2.30. The van der Waals surface area contributed by atoms with Crippen LogP contribution in [0.2, 0.25) is 0 Å². The number of rotatable bonds is 5. The quantitative estimate of drug-likeness (QED) is 0.694. The second-order valence-electron chi connectivity index (χ2n) is 5.43. The Bertz CT molecular complexity index is 268. The molecule has 0 spiro atoms. The van der Waals surface area contributed by atoms with Crippen molar-refractivity contribution in [3.63, 3.8) is 0 Å². The van der Waals surface area contributed by atoms with Crippen molar-refractivity contribution < 1.29 is 14.3 Å². The molecule has 0 aromatic heterocycles. The molecule has 0 saturated carbocycles. The first kappa shape index (κ1) is 15.9. The second kappa shape index (κ2) is 6.62. The van der Waals surface area contributed by atoms with Crippen molar-refractivity contribution in [1.29, 1.82) is 0 Å². The van der Waals surface area contributed by atoms with E-state index in [0.717, 1.165) is 6.42 Å². The summed E-state index contributed by atoms with van der Waals surface area (Å²) < 4.78 is 4.68. The van der Waals surface area contributed by atoms with E-state index in [-0.39, 0.29) is 17.8 Å². The highest BCUT2D eigenvalue weighted by Crippen LogP contribution is 2.18. The standard InChI is InChI=1S/C13H25NO3/c1-7-8-14(12(16)13(3,4)5)9-10(2)11(15)17-6/h10H,7-9H2,1-6H3. The Hall–Kier alpha value is -1.06. The fourth-order valence-electron chi connectivity index (χ4n) is 1.63. The molecule has 1 atom stereocenters. The number of carbonyl (C=O) groups excluding carboxylic acids is 2. The molecule has 4 nitrogen and oxygen atoms in total. The van der Waals surface area contributed by atoms with Crippen LogP contribution in [-0.4, -0.2) is 37.0 Å². The van der Waals surface area contributed by atoms with Crippen molar-refractivity contribution in [2.75, 3.05) is 20.2 Å². The maximum absolute atomic E-state index is 12.2. The first-order valence-corrected chi connectivity index (χ1v) is 6.11. The van der Waals surface area contributed by atoms with Crippen LogP contribution in [0.3, 0.4) is 0 Å². The maximum Gasteiger partial charge on any atom is 0.310 e. The zero-order valence-electron chi connectivity index (χ0n) is 11.9. The van der Waals surface area contributed by atoms with E-state index < -0.39 is 5.41 Å². The summed E-state index contributed by atoms with van der Waals surface area (Å²) in [5, 5.41) is 0. The number of hydrogen-bond donors (Lipinski definition) is 0. The van der Waals surface area contributed by atoms with Crippen LogP contribution in [0.5, 0.6) is 0 Å². The molecular formula is C13H25NO3. The summed E-state index contributed by atoms with van der Waals surface area (Å²) in [5.74, 6) is -0.472. The van der Waals surface area contributed by atoms with Crippen molar-refractivity contribution in [3.8, 4) is 0 Å². The summed E-state index contributed by atoms with van der Waals surface area (Å²) in [6.45, 7) is 10.6. The molecular weight excluding hydrogens is 218 g/mol. The van der Waals surface area contributed by atoms with Crippen LogP contribution in [0.25, 0.3) is 0 Å². The van der Waals surface area contributed by atoms with Crippen LogP contribution >= 0.6 is 0 Å². The minimum absolute atomic E-state index is 0.0788. The zero-order valence-corrected chi connectivity index (χ0v) is 11.9. The fraction of sp³-hybridized carbons (Fsp3) is 0.846. The van der Waals surface area contributed by atoms with Gasteiger partial charge in [0.1, 0.15) is 0 Å². The summed E-state index contributed by atoms with van der Waals surface area (Å²) in [6.07, 6.45) is 0.885. The highest BCUT2D eigenvalue weighted by Gasteiger charge is 2.29. The van der Waals surface area contributed by atoms with Crippen molar-refractivity contribution in [1.82, 2.24) is 4.90 Å². The molecule has 1 amide bonds. The lowest BCUT2D eigenvalue weighted by molar-refractivity contribution is -0.148. The molecule has 0 N–H and O–H groups in total. The van der Waals surface area contributed by atoms with Gasteiger partial charge in [-0.2, -0.15) is 0 Å². The van der Waals surface area contributed by atoms with Gasteiger partial charge in [-0.05, 0) is 6.42 Å². The van der Waals surface area contributed by atoms with Gasteiger partial charge in [0.25, 0.3) is 0 Å². The first-order valence-electron chi connectivity index (χ1n) is 6.11. The van der Waals surface area contributed by atoms with Gasteiger partial charge in [-0.25, -0.2) is 0 Å². The van der Waals surface area contributed by atoms with Gasteiger partial charge in [0.05, 0.1) is 13.0 Å². The van der Waals surface area contributed by atoms with Gasteiger partial charge in [-0.1, -0.05) is 34.6 Å². The molecule has 17 heavy (non-hydrogen) atoms. The zero-order chi connectivity index (χ0) is 13.6. The van der Waals surface area contributed by atoms with E-state index in [0.29, 0.717) is 13.1 Å². The lowest BCUT2D eigenvalue weighted by Crippen LogP contribution is -2.43. The van der Waals surface area contributed by atoms with Gasteiger partial charge in [0, 0.05) is 18.5 Å². The van der Waals surface area contributed by atoms with E-state index in [4.69, 9.17) is 0 Å². The molecule has 0 bridgehead atoms. The Morgan fingerprint density at radius 3 is 2.18 bits per heavy atom. The fourth-order valence-corrected chi connectivity index (χ4v) is 1.63. The Kier molecular flexibility index (Phi) is 6.21. The average Bonchev–Trinajstić information content (AvgIpc) is 2.24. The second-order valence-corrected chi connectivity index (χ2v) is 5.43. The monoisotopic (exact) mass is 243 g/mol. The smallest absolute Gasteiger partial charge is 0.310 e. The third kappa shape index (κ3) is 5.20. The van der Waals surface area contributed by atoms with Gasteiger partial charge in [-0.3, -0.25) is 9.59 Å². The van der Waals surface area contributed by atoms with Gasteiger partial charge < -0.3 is 9.64 Å². The van der Waals surface area contributed by atoms with Crippen LogP contribution in [0.1, 0.15) is 41.0 Å². The van der Waals surface area contributed by atoms with Gasteiger partial charge >= 0.3 is 5.97 Å². The Balaban J connectivity index is 4.65. The van der Waals surface area contributed by atoms with Gasteiger partial charge in [-0.15, -0.1) is 0 Å². The number of ether oxygens (including phenoxy) is 1. The number of hydrogen-bond acceptors (Lipinski definition) is 3. The Morgan fingerprint density at radius 2 is 1.82 bits per heavy atom. The predicted molar refractivity (Wildman–Crippen MR) is 67.5 cm³/mol. The number of methoxy groups -OCH3 is 1. The molecule has 0 fully saturated rings. The normalized spacial score (nSPS) is 13.1. The molecule has 0 heterocycles. The number of nitrogens with zero attached hydrogens (tertiary/aromatic N) is 1. The van der Waals surface area contributed by atoms with Crippen molar-refractivity contribution in [2.45, 2.75) is 41.0 Å². The van der Waals surface area contributed by atoms with E-state index in [9.17, 15) is 9.59 Å². The number of esters is 1. The molecule has 1 unspecified atom stereocenters. The molecule has 0 radical (unpaired) electrons. The Morgan fingerprint density at radius 1 is 1.29 bits per heavy atom. The molecule has 0 aliphatic rings. The highest BCUT2D eigenvalue weighted by atomic mass is 16.5. The Labute approximate surface area is 104 Å². The summed E-state index contributed by atoms with van der Waals surface area (Å²) in [7, 11) is 1.37. The van der Waals surface area contributed by atoms with Crippen molar-refractivity contribution >= 4 is 11.9 Å². The summed E-state index contributed by atoms with van der Waals surface area (Å²) in [4.78, 5) is 25.3. The minimum atomic E-state index is -0.412. The summed E-state index contributed by atoms with van der Waals surface area (Å²) >= 11 is 0. The number of carbonyl (C=O) groups is 2. The minimum Gasteiger partial charge on any atom is -0.469 e. The summed E-state index contributed by atoms with van der Waals surface area (Å²) in [5.41, 5.74) is -0.412. The molecule has 4 heteroatoms. The van der Waals surface area contributed by atoms with E-state index in [1.807, 2.05) is 27.7 Å². The van der Waals surface area contributed by atoms with E-state index >= 15 is 0 Å². The van der Waals surface area contributed by atoms with Crippen LogP contribution < -0.4 is 0 Å². The van der Waals surface area contributed by atoms with E-state index in [1.54, 1.807) is 11.8 Å². The van der Waals surface area contributed by atoms with Crippen LogP contribution in [-0.2, 0) is 14.3 Å². The van der Waals surface area contributed by atoms with Gasteiger partial charge in [0.15, 0.2) is 0 Å². The predicted octanol–water partition coefficient (Wildman–Crippen LogP) is 2.08. The average molecular weight is 243 g/mol. The van der Waals surface area contributed by atoms with E-state index in [1.165, 1.54) is 7.11 Å². The molecule has 100 valence electrons. The summed E-state index contributed by atoms with van der Waals surface area (Å²) in [6, 6.07) is 0.